The van der Waals surface area contributed by atoms with E-state index < -0.39 is 22.0 Å². The van der Waals surface area contributed by atoms with Crippen molar-refractivity contribution in [3.05, 3.63) is 22.2 Å². The number of rotatable bonds is 3. The second-order valence-electron chi connectivity index (χ2n) is 4.45. The maximum atomic E-state index is 12.6. The molecule has 0 spiro atoms. The summed E-state index contributed by atoms with van der Waals surface area (Å²) < 4.78 is 26.2. The van der Waals surface area contributed by atoms with Gasteiger partial charge < -0.3 is 11.5 Å². The average Bonchev–Trinajstić information content (AvgIpc) is 2.85. The van der Waals surface area contributed by atoms with Crippen LogP contribution >= 0.6 is 23.2 Å². The summed E-state index contributed by atoms with van der Waals surface area (Å²) in [5.74, 6) is -0.677. The van der Waals surface area contributed by atoms with Crippen molar-refractivity contribution in [2.45, 2.75) is 23.8 Å². The van der Waals surface area contributed by atoms with Crippen LogP contribution in [0.4, 0.5) is 5.69 Å². The van der Waals surface area contributed by atoms with E-state index in [0.717, 1.165) is 4.31 Å². The molecule has 1 aromatic carbocycles. The predicted octanol–water partition coefficient (Wildman–Crippen LogP) is 1.21. The molecule has 110 valence electrons. The normalized spacial score (nSPS) is 20.2. The zero-order valence-electron chi connectivity index (χ0n) is 10.3. The zero-order chi connectivity index (χ0) is 15.1. The highest BCUT2D eigenvalue weighted by Gasteiger charge is 2.39. The molecule has 1 fully saturated rings. The number of halogens is 2. The van der Waals surface area contributed by atoms with Crippen molar-refractivity contribution < 1.29 is 13.2 Å². The van der Waals surface area contributed by atoms with Gasteiger partial charge in [0.2, 0.25) is 15.9 Å². The van der Waals surface area contributed by atoms with Gasteiger partial charge in [0, 0.05) is 6.54 Å². The standard InChI is InChI=1S/C11H13Cl2N3O3S/c12-6-3-4-8(9(13)10(6)14)20(18,19)16-5-1-2-7(16)11(15)17/h3-4,7H,1-2,5,14H2,(H2,15,17). The summed E-state index contributed by atoms with van der Waals surface area (Å²) in [6.45, 7) is 0.217. The zero-order valence-corrected chi connectivity index (χ0v) is 12.7. The van der Waals surface area contributed by atoms with E-state index in [0.29, 0.717) is 12.8 Å². The van der Waals surface area contributed by atoms with E-state index in [4.69, 9.17) is 34.7 Å². The van der Waals surface area contributed by atoms with Crippen molar-refractivity contribution in [1.82, 2.24) is 4.31 Å². The van der Waals surface area contributed by atoms with Crippen molar-refractivity contribution in [3.63, 3.8) is 0 Å². The molecule has 1 aliphatic rings. The second-order valence-corrected chi connectivity index (χ2v) is 7.09. The third kappa shape index (κ3) is 2.46. The van der Waals surface area contributed by atoms with Crippen molar-refractivity contribution in [1.29, 1.82) is 0 Å². The number of nitrogens with zero attached hydrogens (tertiary/aromatic N) is 1. The topological polar surface area (TPSA) is 106 Å². The SMILES string of the molecule is NC(=O)C1CCCN1S(=O)(=O)c1ccc(Cl)c(N)c1Cl. The largest absolute Gasteiger partial charge is 0.396 e. The van der Waals surface area contributed by atoms with Crippen LogP contribution in [0.3, 0.4) is 0 Å². The lowest BCUT2D eigenvalue weighted by molar-refractivity contribution is -0.121. The van der Waals surface area contributed by atoms with Gasteiger partial charge in [0.15, 0.2) is 0 Å². The first-order valence-electron chi connectivity index (χ1n) is 5.81. The summed E-state index contributed by atoms with van der Waals surface area (Å²) in [6.07, 6.45) is 0.961. The van der Waals surface area contributed by atoms with E-state index in [1.165, 1.54) is 12.1 Å². The van der Waals surface area contributed by atoms with Crippen LogP contribution in [0.5, 0.6) is 0 Å². The first kappa shape index (κ1) is 15.4. The highest BCUT2D eigenvalue weighted by atomic mass is 35.5. The third-order valence-corrected chi connectivity index (χ3v) is 6.01. The average molecular weight is 338 g/mol. The van der Waals surface area contributed by atoms with Gasteiger partial charge in [-0.2, -0.15) is 4.31 Å². The summed E-state index contributed by atoms with van der Waals surface area (Å²) in [6, 6.07) is 1.77. The minimum atomic E-state index is -3.94. The number of sulfonamides is 1. The lowest BCUT2D eigenvalue weighted by Gasteiger charge is -2.22. The van der Waals surface area contributed by atoms with Crippen LogP contribution < -0.4 is 11.5 Å². The number of amides is 1. The Labute approximate surface area is 126 Å². The molecule has 1 aliphatic heterocycles. The molecular formula is C11H13Cl2N3O3S. The molecule has 6 nitrogen and oxygen atoms in total. The second kappa shape index (κ2) is 5.40. The summed E-state index contributed by atoms with van der Waals surface area (Å²) in [7, 11) is -3.94. The fourth-order valence-corrected chi connectivity index (χ4v) is 4.59. The number of carbonyl (C=O) groups is 1. The number of hydrogen-bond acceptors (Lipinski definition) is 4. The Morgan fingerprint density at radius 1 is 1.35 bits per heavy atom. The van der Waals surface area contributed by atoms with Gasteiger partial charge in [-0.1, -0.05) is 23.2 Å². The van der Waals surface area contributed by atoms with E-state index in [9.17, 15) is 13.2 Å². The molecule has 1 aromatic rings. The van der Waals surface area contributed by atoms with E-state index in [1.807, 2.05) is 0 Å². The molecule has 0 bridgehead atoms. The molecule has 20 heavy (non-hydrogen) atoms. The number of carbonyl (C=O) groups excluding carboxylic acids is 1. The van der Waals surface area contributed by atoms with Gasteiger partial charge in [0.25, 0.3) is 0 Å². The lowest BCUT2D eigenvalue weighted by atomic mass is 10.2. The molecule has 9 heteroatoms. The minimum Gasteiger partial charge on any atom is -0.396 e. The molecule has 1 atom stereocenters. The van der Waals surface area contributed by atoms with Crippen molar-refractivity contribution in [2.24, 2.45) is 5.73 Å². The van der Waals surface area contributed by atoms with Gasteiger partial charge in [0.05, 0.1) is 15.7 Å². The summed E-state index contributed by atoms with van der Waals surface area (Å²) in [5, 5.41) is 0.0226. The fourth-order valence-electron chi connectivity index (χ4n) is 2.19. The molecule has 1 amide bonds. The van der Waals surface area contributed by atoms with E-state index in [-0.39, 0.29) is 27.2 Å². The van der Waals surface area contributed by atoms with Gasteiger partial charge in [-0.3, -0.25) is 4.79 Å². The van der Waals surface area contributed by atoms with Crippen LogP contribution in [0, 0.1) is 0 Å². The summed E-state index contributed by atoms with van der Waals surface area (Å²) in [5.41, 5.74) is 10.9. The van der Waals surface area contributed by atoms with Crippen LogP contribution in [0.2, 0.25) is 10.0 Å². The molecule has 1 saturated heterocycles. The Balaban J connectivity index is 2.51. The van der Waals surface area contributed by atoms with Gasteiger partial charge in [-0.25, -0.2) is 8.42 Å². The van der Waals surface area contributed by atoms with Gasteiger partial charge in [-0.15, -0.1) is 0 Å². The predicted molar refractivity (Wildman–Crippen MR) is 77.0 cm³/mol. The van der Waals surface area contributed by atoms with Crippen LogP contribution in [0.1, 0.15) is 12.8 Å². The number of hydrogen-bond donors (Lipinski definition) is 2. The molecule has 2 rings (SSSR count). The Morgan fingerprint density at radius 2 is 2.00 bits per heavy atom. The fraction of sp³-hybridized carbons (Fsp3) is 0.364. The lowest BCUT2D eigenvalue weighted by Crippen LogP contribution is -2.43. The van der Waals surface area contributed by atoms with E-state index in [2.05, 4.69) is 0 Å². The molecule has 0 radical (unpaired) electrons. The first-order valence-corrected chi connectivity index (χ1v) is 8.01. The molecule has 0 aromatic heterocycles. The monoisotopic (exact) mass is 337 g/mol. The van der Waals surface area contributed by atoms with E-state index >= 15 is 0 Å². The number of anilines is 1. The summed E-state index contributed by atoms with van der Waals surface area (Å²) in [4.78, 5) is 11.2. The molecule has 1 heterocycles. The Hall–Kier alpha value is -1.02. The van der Waals surface area contributed by atoms with Crippen molar-refractivity contribution in [3.8, 4) is 0 Å². The highest BCUT2D eigenvalue weighted by molar-refractivity contribution is 7.89. The summed E-state index contributed by atoms with van der Waals surface area (Å²) >= 11 is 11.7. The first-order chi connectivity index (χ1) is 9.26. The van der Waals surface area contributed by atoms with Gasteiger partial charge in [-0.05, 0) is 25.0 Å². The Kier molecular flexibility index (Phi) is 4.15. The van der Waals surface area contributed by atoms with Gasteiger partial charge >= 0.3 is 0 Å². The third-order valence-electron chi connectivity index (χ3n) is 3.21. The van der Waals surface area contributed by atoms with E-state index in [1.54, 1.807) is 0 Å². The number of nitrogen functional groups attached to an aromatic ring is 1. The quantitative estimate of drug-likeness (QED) is 0.808. The van der Waals surface area contributed by atoms with Crippen LogP contribution in [0.25, 0.3) is 0 Å². The smallest absolute Gasteiger partial charge is 0.245 e. The minimum absolute atomic E-state index is 0.00997. The maximum Gasteiger partial charge on any atom is 0.245 e. The number of benzene rings is 1. The molecular weight excluding hydrogens is 325 g/mol. The molecule has 0 aliphatic carbocycles. The molecule has 4 N–H and O–H groups in total. The number of nitrogens with two attached hydrogens (primary N) is 2. The Morgan fingerprint density at radius 3 is 2.60 bits per heavy atom. The maximum absolute atomic E-state index is 12.6. The number of primary amides is 1. The Bertz CT molecular complexity index is 663. The molecule has 0 saturated carbocycles. The highest BCUT2D eigenvalue weighted by Crippen LogP contribution is 2.36. The van der Waals surface area contributed by atoms with Crippen LogP contribution in [-0.4, -0.2) is 31.2 Å². The molecule has 1 unspecified atom stereocenters. The van der Waals surface area contributed by atoms with Crippen molar-refractivity contribution in [2.75, 3.05) is 12.3 Å². The van der Waals surface area contributed by atoms with Crippen LogP contribution in [-0.2, 0) is 14.8 Å². The van der Waals surface area contributed by atoms with Gasteiger partial charge in [0.1, 0.15) is 10.9 Å². The van der Waals surface area contributed by atoms with Crippen molar-refractivity contribution >= 4 is 44.8 Å². The van der Waals surface area contributed by atoms with Crippen LogP contribution in [0.15, 0.2) is 17.0 Å².